The minimum absolute atomic E-state index is 0.0690. The van der Waals surface area contributed by atoms with Crippen molar-refractivity contribution in [3.8, 4) is 0 Å². The smallest absolute Gasteiger partial charge is 0.227 e. The Hall–Kier alpha value is -1.35. The van der Waals surface area contributed by atoms with E-state index in [4.69, 9.17) is 5.73 Å². The summed E-state index contributed by atoms with van der Waals surface area (Å²) in [5, 5.41) is 0. The Morgan fingerprint density at radius 2 is 1.74 bits per heavy atom. The van der Waals surface area contributed by atoms with E-state index in [0.29, 0.717) is 6.54 Å². The van der Waals surface area contributed by atoms with Crippen LogP contribution in [0.15, 0.2) is 30.3 Å². The fraction of sp³-hybridized carbons (Fsp3) is 0.562. The maximum Gasteiger partial charge on any atom is 0.227 e. The summed E-state index contributed by atoms with van der Waals surface area (Å²) in [6.45, 7) is 2.25. The minimum atomic E-state index is -0.0690. The number of carbonyl (C=O) groups excluding carboxylic acids is 1. The number of carbonyl (C=O) groups is 1. The quantitative estimate of drug-likeness (QED) is 0.902. The first-order valence-corrected chi connectivity index (χ1v) is 7.34. The maximum absolute atomic E-state index is 12.5. The molecule has 0 bridgehead atoms. The van der Waals surface area contributed by atoms with Gasteiger partial charge in [-0.3, -0.25) is 4.79 Å². The summed E-state index contributed by atoms with van der Waals surface area (Å²) in [5.74, 6) is 0.175. The molecule has 0 radical (unpaired) electrons. The molecular weight excluding hydrogens is 236 g/mol. The maximum atomic E-state index is 12.5. The number of nitrogens with zero attached hydrogens (tertiary/aromatic N) is 1. The van der Waals surface area contributed by atoms with Gasteiger partial charge in [-0.25, -0.2) is 0 Å². The fourth-order valence-electron chi connectivity index (χ4n) is 2.72. The molecule has 2 N–H and O–H groups in total. The molecule has 1 atom stereocenters. The van der Waals surface area contributed by atoms with Gasteiger partial charge in [0.1, 0.15) is 0 Å². The van der Waals surface area contributed by atoms with Crippen LogP contribution in [0.25, 0.3) is 0 Å². The first-order chi connectivity index (χ1) is 9.31. The van der Waals surface area contributed by atoms with E-state index in [-0.39, 0.29) is 11.8 Å². The van der Waals surface area contributed by atoms with E-state index >= 15 is 0 Å². The van der Waals surface area contributed by atoms with Gasteiger partial charge in [0.25, 0.3) is 0 Å². The first kappa shape index (κ1) is 14.1. The Labute approximate surface area is 115 Å². The molecule has 19 heavy (non-hydrogen) atoms. The normalized spacial score (nSPS) is 17.8. The van der Waals surface area contributed by atoms with E-state index in [1.807, 2.05) is 23.1 Å². The second-order valence-corrected chi connectivity index (χ2v) is 5.36. The number of likely N-dealkylation sites (tertiary alicyclic amines) is 1. The van der Waals surface area contributed by atoms with Crippen molar-refractivity contribution in [3.63, 3.8) is 0 Å². The zero-order valence-electron chi connectivity index (χ0n) is 11.6. The number of hydrogen-bond acceptors (Lipinski definition) is 2. The lowest BCUT2D eigenvalue weighted by molar-refractivity contribution is -0.135. The van der Waals surface area contributed by atoms with Crippen LogP contribution in [0.1, 0.15) is 31.2 Å². The molecule has 0 aromatic heterocycles. The number of nitrogens with two attached hydrogens (primary N) is 1. The Morgan fingerprint density at radius 3 is 2.32 bits per heavy atom. The third-order valence-corrected chi connectivity index (χ3v) is 3.88. The Balaban J connectivity index is 1.98. The van der Waals surface area contributed by atoms with Crippen LogP contribution < -0.4 is 5.73 Å². The summed E-state index contributed by atoms with van der Waals surface area (Å²) in [7, 11) is 0. The zero-order chi connectivity index (χ0) is 13.5. The van der Waals surface area contributed by atoms with Crippen LogP contribution >= 0.6 is 0 Å². The predicted octanol–water partition coefficient (Wildman–Crippen LogP) is 2.21. The van der Waals surface area contributed by atoms with E-state index in [2.05, 4.69) is 12.1 Å². The molecule has 1 fully saturated rings. The van der Waals surface area contributed by atoms with Crippen molar-refractivity contribution in [2.24, 2.45) is 11.7 Å². The van der Waals surface area contributed by atoms with Crippen molar-refractivity contribution in [1.29, 1.82) is 0 Å². The number of rotatable bonds is 4. The highest BCUT2D eigenvalue weighted by Gasteiger charge is 2.23. The van der Waals surface area contributed by atoms with Crippen molar-refractivity contribution in [2.75, 3.05) is 19.6 Å². The van der Waals surface area contributed by atoms with Gasteiger partial charge < -0.3 is 10.6 Å². The Morgan fingerprint density at radius 1 is 1.11 bits per heavy atom. The fourth-order valence-corrected chi connectivity index (χ4v) is 2.72. The topological polar surface area (TPSA) is 46.3 Å². The third kappa shape index (κ3) is 4.06. The van der Waals surface area contributed by atoms with Crippen LogP contribution in [0.5, 0.6) is 0 Å². The summed E-state index contributed by atoms with van der Waals surface area (Å²) in [6, 6.07) is 10.2. The van der Waals surface area contributed by atoms with Crippen molar-refractivity contribution >= 4 is 5.91 Å². The summed E-state index contributed by atoms with van der Waals surface area (Å²) in [4.78, 5) is 14.6. The summed E-state index contributed by atoms with van der Waals surface area (Å²) >= 11 is 0. The van der Waals surface area contributed by atoms with Crippen LogP contribution in [-0.2, 0) is 11.2 Å². The molecule has 1 aliphatic heterocycles. The van der Waals surface area contributed by atoms with Gasteiger partial charge in [0.05, 0.1) is 5.92 Å². The van der Waals surface area contributed by atoms with Crippen molar-refractivity contribution in [1.82, 2.24) is 4.90 Å². The second-order valence-electron chi connectivity index (χ2n) is 5.36. The lowest BCUT2D eigenvalue weighted by atomic mass is 9.98. The summed E-state index contributed by atoms with van der Waals surface area (Å²) < 4.78 is 0. The highest BCUT2D eigenvalue weighted by Crippen LogP contribution is 2.15. The molecule has 3 heteroatoms. The van der Waals surface area contributed by atoms with Gasteiger partial charge >= 0.3 is 0 Å². The highest BCUT2D eigenvalue weighted by molar-refractivity contribution is 5.79. The molecule has 104 valence electrons. The molecular formula is C16H24N2O. The van der Waals surface area contributed by atoms with Crippen molar-refractivity contribution in [3.05, 3.63) is 35.9 Å². The standard InChI is InChI=1S/C16H24N2O/c17-13-15(12-14-8-4-3-5-9-14)16(19)18-10-6-1-2-7-11-18/h3-5,8-9,15H,1-2,6-7,10-13,17H2. The molecule has 0 spiro atoms. The Bertz CT molecular complexity index is 383. The molecule has 2 rings (SSSR count). The van der Waals surface area contributed by atoms with Crippen LogP contribution in [0.4, 0.5) is 0 Å². The molecule has 1 aromatic rings. The molecule has 1 aromatic carbocycles. The number of amides is 1. The third-order valence-electron chi connectivity index (χ3n) is 3.88. The van der Waals surface area contributed by atoms with Gasteiger partial charge in [-0.1, -0.05) is 43.2 Å². The number of hydrogen-bond donors (Lipinski definition) is 1. The van der Waals surface area contributed by atoms with E-state index in [9.17, 15) is 4.79 Å². The van der Waals surface area contributed by atoms with Crippen molar-refractivity contribution in [2.45, 2.75) is 32.1 Å². The van der Waals surface area contributed by atoms with Gasteiger partial charge in [-0.2, -0.15) is 0 Å². The predicted molar refractivity (Wildman–Crippen MR) is 77.7 cm³/mol. The number of benzene rings is 1. The second kappa shape index (κ2) is 7.29. The van der Waals surface area contributed by atoms with Crippen LogP contribution in [0.2, 0.25) is 0 Å². The molecule has 0 saturated carbocycles. The molecule has 1 heterocycles. The van der Waals surface area contributed by atoms with Gasteiger partial charge in [-0.15, -0.1) is 0 Å². The minimum Gasteiger partial charge on any atom is -0.342 e. The molecule has 1 unspecified atom stereocenters. The van der Waals surface area contributed by atoms with Crippen LogP contribution in [0.3, 0.4) is 0 Å². The van der Waals surface area contributed by atoms with Crippen molar-refractivity contribution < 1.29 is 4.79 Å². The van der Waals surface area contributed by atoms with Gasteiger partial charge in [0.15, 0.2) is 0 Å². The lowest BCUT2D eigenvalue weighted by Crippen LogP contribution is -2.40. The lowest BCUT2D eigenvalue weighted by Gasteiger charge is -2.25. The van der Waals surface area contributed by atoms with Crippen LogP contribution in [0, 0.1) is 5.92 Å². The Kier molecular flexibility index (Phi) is 5.40. The average molecular weight is 260 g/mol. The molecule has 0 aliphatic carbocycles. The summed E-state index contributed by atoms with van der Waals surface area (Å²) in [5.41, 5.74) is 7.02. The molecule has 1 saturated heterocycles. The summed E-state index contributed by atoms with van der Waals surface area (Å²) in [6.07, 6.45) is 5.51. The van der Waals surface area contributed by atoms with E-state index in [0.717, 1.165) is 32.4 Å². The van der Waals surface area contributed by atoms with E-state index < -0.39 is 0 Å². The van der Waals surface area contributed by atoms with E-state index in [1.54, 1.807) is 0 Å². The average Bonchev–Trinajstić information content (AvgIpc) is 2.74. The van der Waals surface area contributed by atoms with Gasteiger partial charge in [-0.05, 0) is 24.8 Å². The molecule has 1 aliphatic rings. The van der Waals surface area contributed by atoms with E-state index in [1.165, 1.54) is 18.4 Å². The highest BCUT2D eigenvalue weighted by atomic mass is 16.2. The molecule has 1 amide bonds. The van der Waals surface area contributed by atoms with Crippen LogP contribution in [-0.4, -0.2) is 30.4 Å². The SMILES string of the molecule is NCC(Cc1ccccc1)C(=O)N1CCCCCC1. The zero-order valence-corrected chi connectivity index (χ0v) is 11.6. The van der Waals surface area contributed by atoms with Gasteiger partial charge in [0.2, 0.25) is 5.91 Å². The monoisotopic (exact) mass is 260 g/mol. The first-order valence-electron chi connectivity index (χ1n) is 7.34. The largest absolute Gasteiger partial charge is 0.342 e. The van der Waals surface area contributed by atoms with Gasteiger partial charge in [0, 0.05) is 19.6 Å². The molecule has 3 nitrogen and oxygen atoms in total.